The molecular weight excluding hydrogens is 275 g/mol. The minimum absolute atomic E-state index is 0.122. The summed E-state index contributed by atoms with van der Waals surface area (Å²) in [6.45, 7) is 4.22. The van der Waals surface area contributed by atoms with Gasteiger partial charge in [-0.2, -0.15) is 13.2 Å². The molecule has 0 saturated carbocycles. The zero-order valence-electron chi connectivity index (χ0n) is 11.3. The van der Waals surface area contributed by atoms with Crippen LogP contribution in [-0.2, 0) is 17.5 Å². The first-order valence-corrected chi connectivity index (χ1v) is 5.84. The summed E-state index contributed by atoms with van der Waals surface area (Å²) in [5, 5.41) is 11.3. The van der Waals surface area contributed by atoms with Crippen LogP contribution in [0.15, 0.2) is 18.2 Å². The number of benzene rings is 1. The molecule has 0 atom stereocenters. The van der Waals surface area contributed by atoms with Gasteiger partial charge >= 0.3 is 12.3 Å². The zero-order valence-corrected chi connectivity index (χ0v) is 11.3. The maximum atomic E-state index is 12.6. The van der Waals surface area contributed by atoms with E-state index in [1.54, 1.807) is 20.8 Å². The zero-order chi connectivity index (χ0) is 15.6. The fourth-order valence-electron chi connectivity index (χ4n) is 1.50. The van der Waals surface area contributed by atoms with Crippen LogP contribution in [0.3, 0.4) is 0 Å². The highest BCUT2D eigenvalue weighted by Gasteiger charge is 2.33. The average Bonchev–Trinajstić information content (AvgIpc) is 2.24. The lowest BCUT2D eigenvalue weighted by atomic mass is 10.1. The molecule has 0 heterocycles. The van der Waals surface area contributed by atoms with Gasteiger partial charge in [0.15, 0.2) is 0 Å². The van der Waals surface area contributed by atoms with E-state index in [9.17, 15) is 18.0 Å². The Labute approximate surface area is 114 Å². The number of hydrogen-bond acceptors (Lipinski definition) is 3. The number of carbonyl (C=O) groups excluding carboxylic acids is 1. The number of ether oxygens (including phenoxy) is 1. The third-order valence-electron chi connectivity index (χ3n) is 2.23. The predicted molar refractivity (Wildman–Crippen MR) is 67.2 cm³/mol. The summed E-state index contributed by atoms with van der Waals surface area (Å²) in [5.74, 6) is 0. The molecule has 1 amide bonds. The molecular formula is C13H16F3NO3. The van der Waals surface area contributed by atoms with Crippen molar-refractivity contribution in [1.82, 2.24) is 0 Å². The van der Waals surface area contributed by atoms with Gasteiger partial charge in [-0.15, -0.1) is 0 Å². The van der Waals surface area contributed by atoms with E-state index in [0.29, 0.717) is 0 Å². The standard InChI is InChI=1S/C13H16F3NO3/c1-12(2,3)20-11(19)17-9-4-5-10(13(14,15)16)8(6-9)7-18/h4-6,18H,7H2,1-3H3,(H,17,19). The fraction of sp³-hybridized carbons (Fsp3) is 0.462. The molecule has 1 rings (SSSR count). The molecule has 4 nitrogen and oxygen atoms in total. The van der Waals surface area contributed by atoms with Gasteiger partial charge in [-0.1, -0.05) is 0 Å². The van der Waals surface area contributed by atoms with Crippen molar-refractivity contribution < 1.29 is 27.8 Å². The van der Waals surface area contributed by atoms with Crippen molar-refractivity contribution in [1.29, 1.82) is 0 Å². The number of anilines is 1. The van der Waals surface area contributed by atoms with Crippen LogP contribution in [0.4, 0.5) is 23.7 Å². The number of aliphatic hydroxyl groups excluding tert-OH is 1. The van der Waals surface area contributed by atoms with Gasteiger partial charge in [0, 0.05) is 5.69 Å². The molecule has 0 saturated heterocycles. The Hall–Kier alpha value is -1.76. The molecule has 0 spiro atoms. The largest absolute Gasteiger partial charge is 0.444 e. The maximum Gasteiger partial charge on any atom is 0.416 e. The Morgan fingerprint density at radius 2 is 1.90 bits per heavy atom. The molecule has 0 fully saturated rings. The van der Waals surface area contributed by atoms with Gasteiger partial charge in [0.1, 0.15) is 5.60 Å². The summed E-state index contributed by atoms with van der Waals surface area (Å²) in [6.07, 6.45) is -5.33. The molecule has 0 aliphatic heterocycles. The van der Waals surface area contributed by atoms with Crippen LogP contribution in [0.2, 0.25) is 0 Å². The van der Waals surface area contributed by atoms with E-state index in [-0.39, 0.29) is 11.3 Å². The minimum atomic E-state index is -4.55. The van der Waals surface area contributed by atoms with Crippen LogP contribution in [-0.4, -0.2) is 16.8 Å². The van der Waals surface area contributed by atoms with E-state index in [1.807, 2.05) is 0 Å². The third kappa shape index (κ3) is 4.73. The Balaban J connectivity index is 2.92. The molecule has 2 N–H and O–H groups in total. The number of halogens is 3. The van der Waals surface area contributed by atoms with Crippen molar-refractivity contribution in [3.63, 3.8) is 0 Å². The second kappa shape index (κ2) is 5.70. The highest BCUT2D eigenvalue weighted by atomic mass is 19.4. The van der Waals surface area contributed by atoms with Crippen LogP contribution in [0.1, 0.15) is 31.9 Å². The molecule has 1 aromatic rings. The van der Waals surface area contributed by atoms with E-state index in [1.165, 1.54) is 0 Å². The van der Waals surface area contributed by atoms with Crippen molar-refractivity contribution in [2.45, 2.75) is 39.2 Å². The average molecular weight is 291 g/mol. The molecule has 112 valence electrons. The number of alkyl halides is 3. The molecule has 7 heteroatoms. The van der Waals surface area contributed by atoms with E-state index in [4.69, 9.17) is 9.84 Å². The van der Waals surface area contributed by atoms with Crippen LogP contribution in [0.25, 0.3) is 0 Å². The smallest absolute Gasteiger partial charge is 0.416 e. The highest BCUT2D eigenvalue weighted by molar-refractivity contribution is 5.85. The van der Waals surface area contributed by atoms with Gasteiger partial charge < -0.3 is 9.84 Å². The van der Waals surface area contributed by atoms with Crippen LogP contribution in [0, 0.1) is 0 Å². The van der Waals surface area contributed by atoms with Crippen LogP contribution in [0.5, 0.6) is 0 Å². The Morgan fingerprint density at radius 1 is 1.30 bits per heavy atom. The van der Waals surface area contributed by atoms with Crippen molar-refractivity contribution in [2.75, 3.05) is 5.32 Å². The van der Waals surface area contributed by atoms with Gasteiger partial charge in [0.25, 0.3) is 0 Å². The molecule has 20 heavy (non-hydrogen) atoms. The Bertz CT molecular complexity index is 493. The van der Waals surface area contributed by atoms with Gasteiger partial charge in [0.2, 0.25) is 0 Å². The molecule has 1 aromatic carbocycles. The Kier molecular flexibility index (Phi) is 4.65. The number of hydrogen-bond donors (Lipinski definition) is 2. The van der Waals surface area contributed by atoms with E-state index >= 15 is 0 Å². The normalized spacial score (nSPS) is 12.2. The topological polar surface area (TPSA) is 58.6 Å². The number of aliphatic hydroxyl groups is 1. The van der Waals surface area contributed by atoms with Crippen molar-refractivity contribution in [2.24, 2.45) is 0 Å². The van der Waals surface area contributed by atoms with E-state index in [0.717, 1.165) is 18.2 Å². The lowest BCUT2D eigenvalue weighted by Crippen LogP contribution is -2.27. The van der Waals surface area contributed by atoms with Crippen molar-refractivity contribution >= 4 is 11.8 Å². The summed E-state index contributed by atoms with van der Waals surface area (Å²) < 4.78 is 42.9. The summed E-state index contributed by atoms with van der Waals surface area (Å²) in [4.78, 5) is 11.5. The van der Waals surface area contributed by atoms with Gasteiger partial charge in [-0.05, 0) is 44.5 Å². The lowest BCUT2D eigenvalue weighted by Gasteiger charge is -2.20. The molecule has 0 aromatic heterocycles. The molecule has 0 unspecified atom stereocenters. The predicted octanol–water partition coefficient (Wildman–Crippen LogP) is 3.54. The summed E-state index contributed by atoms with van der Waals surface area (Å²) in [7, 11) is 0. The van der Waals surface area contributed by atoms with Crippen LogP contribution >= 0.6 is 0 Å². The number of carbonyl (C=O) groups is 1. The van der Waals surface area contributed by atoms with Crippen molar-refractivity contribution in [3.8, 4) is 0 Å². The monoisotopic (exact) mass is 291 g/mol. The van der Waals surface area contributed by atoms with Crippen molar-refractivity contribution in [3.05, 3.63) is 29.3 Å². The summed E-state index contributed by atoms with van der Waals surface area (Å²) in [5.41, 5.74) is -1.84. The van der Waals surface area contributed by atoms with Gasteiger partial charge in [-0.3, -0.25) is 5.32 Å². The SMILES string of the molecule is CC(C)(C)OC(=O)Nc1ccc(C(F)(F)F)c(CO)c1. The quantitative estimate of drug-likeness (QED) is 0.876. The first-order valence-electron chi connectivity index (χ1n) is 5.84. The van der Waals surface area contributed by atoms with Crippen LogP contribution < -0.4 is 5.32 Å². The Morgan fingerprint density at radius 3 is 2.35 bits per heavy atom. The van der Waals surface area contributed by atoms with E-state index < -0.39 is 30.0 Å². The maximum absolute atomic E-state index is 12.6. The highest BCUT2D eigenvalue weighted by Crippen LogP contribution is 2.33. The molecule has 0 radical (unpaired) electrons. The lowest BCUT2D eigenvalue weighted by molar-refractivity contribution is -0.138. The second-order valence-electron chi connectivity index (χ2n) is 5.15. The molecule has 0 aliphatic carbocycles. The van der Waals surface area contributed by atoms with E-state index in [2.05, 4.69) is 5.32 Å². The number of rotatable bonds is 2. The van der Waals surface area contributed by atoms with Gasteiger partial charge in [-0.25, -0.2) is 4.79 Å². The molecule has 0 aliphatic rings. The number of amides is 1. The first-order chi connectivity index (χ1) is 9.03. The summed E-state index contributed by atoms with van der Waals surface area (Å²) in [6, 6.07) is 2.97. The fourth-order valence-corrected chi connectivity index (χ4v) is 1.50. The minimum Gasteiger partial charge on any atom is -0.444 e. The molecule has 0 bridgehead atoms. The third-order valence-corrected chi connectivity index (χ3v) is 2.23. The summed E-state index contributed by atoms with van der Waals surface area (Å²) >= 11 is 0. The second-order valence-corrected chi connectivity index (χ2v) is 5.15. The van der Waals surface area contributed by atoms with Gasteiger partial charge in [0.05, 0.1) is 12.2 Å². The first kappa shape index (κ1) is 16.3. The number of nitrogens with one attached hydrogen (secondary N) is 1.